The fourth-order valence-electron chi connectivity index (χ4n) is 2.27. The first kappa shape index (κ1) is 10.9. The Morgan fingerprint density at radius 2 is 2.20 bits per heavy atom. The first-order valence-electron chi connectivity index (χ1n) is 6.00. The number of nitrogens with one attached hydrogen (secondary N) is 1. The van der Waals surface area contributed by atoms with Crippen LogP contribution in [0, 0.1) is 5.92 Å². The number of nitrogens with zero attached hydrogens (tertiary/aromatic N) is 1. The molecule has 0 aliphatic carbocycles. The van der Waals surface area contributed by atoms with Crippen LogP contribution in [0.3, 0.4) is 0 Å². The minimum Gasteiger partial charge on any atom is -0.317 e. The molecule has 0 spiro atoms. The smallest absolute Gasteiger partial charge is 0.246 e. The Kier molecular flexibility index (Phi) is 3.97. The van der Waals surface area contributed by atoms with Gasteiger partial charge in [0.2, 0.25) is 5.91 Å². The third kappa shape index (κ3) is 3.18. The quantitative estimate of drug-likeness (QED) is 0.756. The minimum atomic E-state index is 0.172. The molecule has 15 heavy (non-hydrogen) atoms. The Bertz CT molecular complexity index is 209. The Labute approximate surface area is 90.9 Å². The molecule has 2 aliphatic heterocycles. The van der Waals surface area contributed by atoms with Gasteiger partial charge in [-0.25, -0.2) is 5.06 Å². The van der Waals surface area contributed by atoms with Crippen LogP contribution in [-0.4, -0.2) is 37.2 Å². The Morgan fingerprint density at radius 3 is 2.87 bits per heavy atom. The van der Waals surface area contributed by atoms with Crippen molar-refractivity contribution in [2.75, 3.05) is 26.2 Å². The van der Waals surface area contributed by atoms with E-state index in [2.05, 4.69) is 5.32 Å². The van der Waals surface area contributed by atoms with Crippen LogP contribution in [0.4, 0.5) is 0 Å². The van der Waals surface area contributed by atoms with Gasteiger partial charge < -0.3 is 5.32 Å². The van der Waals surface area contributed by atoms with Crippen molar-refractivity contribution < 1.29 is 9.63 Å². The molecule has 4 nitrogen and oxygen atoms in total. The zero-order valence-corrected chi connectivity index (χ0v) is 9.21. The Hall–Kier alpha value is -0.610. The lowest BCUT2D eigenvalue weighted by Crippen LogP contribution is -2.30. The van der Waals surface area contributed by atoms with E-state index in [9.17, 15) is 4.79 Å². The molecule has 86 valence electrons. The van der Waals surface area contributed by atoms with Crippen molar-refractivity contribution in [2.24, 2.45) is 5.92 Å². The lowest BCUT2D eigenvalue weighted by atomic mass is 9.93. The molecule has 0 saturated carbocycles. The number of rotatable bonds is 3. The molecule has 0 aromatic heterocycles. The van der Waals surface area contributed by atoms with E-state index in [1.807, 2.05) is 0 Å². The van der Waals surface area contributed by atoms with Crippen LogP contribution in [-0.2, 0) is 9.63 Å². The molecule has 2 heterocycles. The summed E-state index contributed by atoms with van der Waals surface area (Å²) in [5.74, 6) is 0.906. The fourth-order valence-corrected chi connectivity index (χ4v) is 2.27. The third-order valence-electron chi connectivity index (χ3n) is 3.26. The van der Waals surface area contributed by atoms with Gasteiger partial charge in [0, 0.05) is 6.42 Å². The van der Waals surface area contributed by atoms with Crippen molar-refractivity contribution >= 4 is 5.91 Å². The SMILES string of the molecule is O=C(CCC1CCNCC1)N1CCCO1. The maximum Gasteiger partial charge on any atom is 0.246 e. The van der Waals surface area contributed by atoms with E-state index in [-0.39, 0.29) is 5.91 Å². The zero-order chi connectivity index (χ0) is 10.5. The Balaban J connectivity index is 1.65. The first-order valence-corrected chi connectivity index (χ1v) is 6.00. The van der Waals surface area contributed by atoms with Gasteiger partial charge in [-0.15, -0.1) is 0 Å². The summed E-state index contributed by atoms with van der Waals surface area (Å²) < 4.78 is 0. The predicted molar refractivity (Wildman–Crippen MR) is 57.1 cm³/mol. The second-order valence-corrected chi connectivity index (χ2v) is 4.41. The van der Waals surface area contributed by atoms with Crippen LogP contribution in [0.5, 0.6) is 0 Å². The first-order chi connectivity index (χ1) is 7.36. The summed E-state index contributed by atoms with van der Waals surface area (Å²) in [6, 6.07) is 0. The molecule has 0 atom stereocenters. The normalized spacial score (nSPS) is 23.3. The highest BCUT2D eigenvalue weighted by Crippen LogP contribution is 2.19. The van der Waals surface area contributed by atoms with Crippen LogP contribution in [0.1, 0.15) is 32.1 Å². The summed E-state index contributed by atoms with van der Waals surface area (Å²) in [6.07, 6.45) is 5.10. The third-order valence-corrected chi connectivity index (χ3v) is 3.26. The van der Waals surface area contributed by atoms with Crippen molar-refractivity contribution in [3.05, 3.63) is 0 Å². The van der Waals surface area contributed by atoms with Gasteiger partial charge in [0.15, 0.2) is 0 Å². The highest BCUT2D eigenvalue weighted by molar-refractivity contribution is 5.75. The van der Waals surface area contributed by atoms with Crippen LogP contribution in [0.25, 0.3) is 0 Å². The fraction of sp³-hybridized carbons (Fsp3) is 0.909. The molecule has 2 rings (SSSR count). The number of carbonyl (C=O) groups is 1. The van der Waals surface area contributed by atoms with Gasteiger partial charge in [0.1, 0.15) is 0 Å². The number of hydroxylamine groups is 2. The topological polar surface area (TPSA) is 41.6 Å². The average molecular weight is 212 g/mol. The van der Waals surface area contributed by atoms with Crippen molar-refractivity contribution in [1.82, 2.24) is 10.4 Å². The number of hydrogen-bond acceptors (Lipinski definition) is 3. The van der Waals surface area contributed by atoms with Gasteiger partial charge in [-0.05, 0) is 44.7 Å². The molecular weight excluding hydrogens is 192 g/mol. The largest absolute Gasteiger partial charge is 0.317 e. The number of piperidine rings is 1. The zero-order valence-electron chi connectivity index (χ0n) is 9.21. The van der Waals surface area contributed by atoms with Gasteiger partial charge in [-0.2, -0.15) is 0 Å². The molecular formula is C11H20N2O2. The van der Waals surface area contributed by atoms with Gasteiger partial charge in [0.25, 0.3) is 0 Å². The molecule has 2 fully saturated rings. The van der Waals surface area contributed by atoms with Crippen molar-refractivity contribution in [3.8, 4) is 0 Å². The van der Waals surface area contributed by atoms with Crippen molar-refractivity contribution in [2.45, 2.75) is 32.1 Å². The number of hydrogen-bond donors (Lipinski definition) is 1. The summed E-state index contributed by atoms with van der Waals surface area (Å²) >= 11 is 0. The highest BCUT2D eigenvalue weighted by atomic mass is 16.7. The van der Waals surface area contributed by atoms with Gasteiger partial charge in [-0.1, -0.05) is 0 Å². The van der Waals surface area contributed by atoms with E-state index in [0.29, 0.717) is 13.0 Å². The van der Waals surface area contributed by atoms with Gasteiger partial charge >= 0.3 is 0 Å². The molecule has 2 aliphatic rings. The molecule has 2 saturated heterocycles. The molecule has 0 aromatic carbocycles. The number of carbonyl (C=O) groups excluding carboxylic acids is 1. The molecule has 1 N–H and O–H groups in total. The predicted octanol–water partition coefficient (Wildman–Crippen LogP) is 0.930. The van der Waals surface area contributed by atoms with E-state index < -0.39 is 0 Å². The maximum absolute atomic E-state index is 11.7. The average Bonchev–Trinajstić information content (AvgIpc) is 2.81. The summed E-state index contributed by atoms with van der Waals surface area (Å²) in [4.78, 5) is 16.9. The van der Waals surface area contributed by atoms with Gasteiger partial charge in [0.05, 0.1) is 13.2 Å². The molecule has 0 bridgehead atoms. The maximum atomic E-state index is 11.7. The van der Waals surface area contributed by atoms with Crippen LogP contribution in [0.2, 0.25) is 0 Å². The summed E-state index contributed by atoms with van der Waals surface area (Å²) in [5.41, 5.74) is 0. The second kappa shape index (κ2) is 5.47. The summed E-state index contributed by atoms with van der Waals surface area (Å²) in [5, 5.41) is 4.88. The monoisotopic (exact) mass is 212 g/mol. The van der Waals surface area contributed by atoms with E-state index in [0.717, 1.165) is 38.4 Å². The van der Waals surface area contributed by atoms with Crippen LogP contribution in [0.15, 0.2) is 0 Å². The lowest BCUT2D eigenvalue weighted by Gasteiger charge is -2.23. The van der Waals surface area contributed by atoms with Crippen LogP contribution < -0.4 is 5.32 Å². The van der Waals surface area contributed by atoms with Gasteiger partial charge in [-0.3, -0.25) is 9.63 Å². The van der Waals surface area contributed by atoms with E-state index in [1.54, 1.807) is 5.06 Å². The van der Waals surface area contributed by atoms with E-state index >= 15 is 0 Å². The highest BCUT2D eigenvalue weighted by Gasteiger charge is 2.21. The molecule has 1 amide bonds. The molecule has 0 aromatic rings. The molecule has 0 radical (unpaired) electrons. The lowest BCUT2D eigenvalue weighted by molar-refractivity contribution is -0.169. The summed E-state index contributed by atoms with van der Waals surface area (Å²) in [7, 11) is 0. The Morgan fingerprint density at radius 1 is 1.40 bits per heavy atom. The van der Waals surface area contributed by atoms with Crippen LogP contribution >= 0.6 is 0 Å². The standard InChI is InChI=1S/C11H20N2O2/c14-11(13-8-1-9-15-13)3-2-10-4-6-12-7-5-10/h10,12H,1-9H2. The second-order valence-electron chi connectivity index (χ2n) is 4.41. The van der Waals surface area contributed by atoms with Crippen molar-refractivity contribution in [3.63, 3.8) is 0 Å². The van der Waals surface area contributed by atoms with E-state index in [4.69, 9.17) is 4.84 Å². The molecule has 0 unspecified atom stereocenters. The molecule has 4 heteroatoms. The number of amides is 1. The van der Waals surface area contributed by atoms with Crippen molar-refractivity contribution in [1.29, 1.82) is 0 Å². The van der Waals surface area contributed by atoms with E-state index in [1.165, 1.54) is 12.8 Å². The summed E-state index contributed by atoms with van der Waals surface area (Å²) in [6.45, 7) is 3.71. The minimum absolute atomic E-state index is 0.172.